The van der Waals surface area contributed by atoms with E-state index in [1.165, 1.54) is 17.5 Å². The lowest BCUT2D eigenvalue weighted by Crippen LogP contribution is -2.48. The first kappa shape index (κ1) is 20.2. The lowest BCUT2D eigenvalue weighted by molar-refractivity contribution is 0.208. The van der Waals surface area contributed by atoms with Crippen molar-refractivity contribution in [3.05, 3.63) is 29.6 Å². The Morgan fingerprint density at radius 1 is 1.35 bits per heavy atom. The Kier molecular flexibility index (Phi) is 8.87. The van der Waals surface area contributed by atoms with Gasteiger partial charge in [0.15, 0.2) is 5.96 Å². The summed E-state index contributed by atoms with van der Waals surface area (Å²) in [6.45, 7) is 12.9. The molecule has 2 rings (SSSR count). The summed E-state index contributed by atoms with van der Waals surface area (Å²) in [5, 5.41) is 3.46. The highest BCUT2D eigenvalue weighted by molar-refractivity contribution is 14.0. The SMILES string of the molecule is CCNC(=NCCc1ccncc1C)N1CC(C)CC(C)C1.I. The Labute approximate surface area is 158 Å². The Balaban J connectivity index is 0.00000264. The molecule has 130 valence electrons. The summed E-state index contributed by atoms with van der Waals surface area (Å²) in [5.74, 6) is 2.57. The maximum atomic E-state index is 4.85. The van der Waals surface area contributed by atoms with Crippen molar-refractivity contribution >= 4 is 29.9 Å². The minimum atomic E-state index is 0. The molecule has 0 amide bonds. The second-order valence-electron chi connectivity index (χ2n) is 6.64. The van der Waals surface area contributed by atoms with Crippen molar-refractivity contribution in [1.82, 2.24) is 15.2 Å². The molecule has 1 saturated heterocycles. The van der Waals surface area contributed by atoms with Crippen LogP contribution in [-0.4, -0.2) is 42.0 Å². The van der Waals surface area contributed by atoms with Crippen molar-refractivity contribution in [1.29, 1.82) is 0 Å². The second-order valence-corrected chi connectivity index (χ2v) is 6.64. The zero-order chi connectivity index (χ0) is 15.9. The summed E-state index contributed by atoms with van der Waals surface area (Å²) < 4.78 is 0. The van der Waals surface area contributed by atoms with Crippen LogP contribution in [0.5, 0.6) is 0 Å². The Morgan fingerprint density at radius 2 is 2.04 bits per heavy atom. The molecule has 4 nitrogen and oxygen atoms in total. The summed E-state index contributed by atoms with van der Waals surface area (Å²) in [6.07, 6.45) is 6.10. The number of halogens is 1. The molecular weight excluding hydrogens is 399 g/mol. The van der Waals surface area contributed by atoms with Crippen LogP contribution in [0.2, 0.25) is 0 Å². The van der Waals surface area contributed by atoms with Gasteiger partial charge in [-0.1, -0.05) is 13.8 Å². The summed E-state index contributed by atoms with van der Waals surface area (Å²) in [6, 6.07) is 2.10. The molecule has 2 atom stereocenters. The van der Waals surface area contributed by atoms with Gasteiger partial charge in [-0.25, -0.2) is 0 Å². The average Bonchev–Trinajstić information content (AvgIpc) is 2.47. The van der Waals surface area contributed by atoms with Crippen LogP contribution in [-0.2, 0) is 6.42 Å². The fraction of sp³-hybridized carbons (Fsp3) is 0.667. The Bertz CT molecular complexity index is 494. The third-order valence-electron chi connectivity index (χ3n) is 4.28. The van der Waals surface area contributed by atoms with Gasteiger partial charge in [0, 0.05) is 38.6 Å². The minimum absolute atomic E-state index is 0. The van der Waals surface area contributed by atoms with E-state index >= 15 is 0 Å². The zero-order valence-corrected chi connectivity index (χ0v) is 17.2. The van der Waals surface area contributed by atoms with Gasteiger partial charge in [-0.2, -0.15) is 0 Å². The van der Waals surface area contributed by atoms with Gasteiger partial charge in [0.2, 0.25) is 0 Å². The molecule has 2 unspecified atom stereocenters. The van der Waals surface area contributed by atoms with Crippen molar-refractivity contribution in [2.45, 2.75) is 40.5 Å². The first-order valence-electron chi connectivity index (χ1n) is 8.52. The van der Waals surface area contributed by atoms with Gasteiger partial charge in [-0.05, 0) is 55.7 Å². The van der Waals surface area contributed by atoms with E-state index in [-0.39, 0.29) is 24.0 Å². The van der Waals surface area contributed by atoms with E-state index in [2.05, 4.69) is 49.0 Å². The van der Waals surface area contributed by atoms with Crippen molar-refractivity contribution in [3.63, 3.8) is 0 Å². The van der Waals surface area contributed by atoms with Gasteiger partial charge in [0.25, 0.3) is 0 Å². The predicted molar refractivity (Wildman–Crippen MR) is 109 cm³/mol. The molecule has 1 aromatic rings. The van der Waals surface area contributed by atoms with Crippen LogP contribution in [0.1, 0.15) is 38.3 Å². The standard InChI is InChI=1S/C18H30N4.HI/c1-5-20-18(22-12-14(2)10-15(3)13-22)21-9-7-17-6-8-19-11-16(17)4;/h6,8,11,14-15H,5,7,9-10,12-13H2,1-4H3,(H,20,21);1H. The third kappa shape index (κ3) is 6.28. The van der Waals surface area contributed by atoms with E-state index in [0.29, 0.717) is 0 Å². The number of hydrogen-bond donors (Lipinski definition) is 1. The van der Waals surface area contributed by atoms with E-state index < -0.39 is 0 Å². The number of likely N-dealkylation sites (tertiary alicyclic amines) is 1. The number of pyridine rings is 1. The number of aryl methyl sites for hydroxylation is 1. The van der Waals surface area contributed by atoms with Gasteiger partial charge in [-0.3, -0.25) is 9.98 Å². The van der Waals surface area contributed by atoms with Crippen molar-refractivity contribution in [2.75, 3.05) is 26.2 Å². The van der Waals surface area contributed by atoms with Crippen LogP contribution < -0.4 is 5.32 Å². The summed E-state index contributed by atoms with van der Waals surface area (Å²) in [5.41, 5.74) is 2.60. The average molecular weight is 430 g/mol. The maximum absolute atomic E-state index is 4.85. The van der Waals surface area contributed by atoms with Crippen LogP contribution >= 0.6 is 24.0 Å². The molecule has 1 N–H and O–H groups in total. The quantitative estimate of drug-likeness (QED) is 0.452. The van der Waals surface area contributed by atoms with E-state index in [9.17, 15) is 0 Å². The van der Waals surface area contributed by atoms with E-state index in [1.54, 1.807) is 0 Å². The normalized spacial score (nSPS) is 21.7. The van der Waals surface area contributed by atoms with E-state index in [0.717, 1.165) is 50.4 Å². The predicted octanol–water partition coefficient (Wildman–Crippen LogP) is 3.49. The number of aliphatic imine (C=N–C) groups is 1. The molecule has 0 bridgehead atoms. The number of guanidine groups is 1. The van der Waals surface area contributed by atoms with E-state index in [1.807, 2.05) is 12.4 Å². The topological polar surface area (TPSA) is 40.5 Å². The summed E-state index contributed by atoms with van der Waals surface area (Å²) in [4.78, 5) is 11.4. The zero-order valence-electron chi connectivity index (χ0n) is 14.9. The molecular formula is C18H31IN4. The van der Waals surface area contributed by atoms with Crippen molar-refractivity contribution in [3.8, 4) is 0 Å². The molecule has 1 aliphatic heterocycles. The molecule has 23 heavy (non-hydrogen) atoms. The lowest BCUT2D eigenvalue weighted by Gasteiger charge is -2.37. The Hall–Kier alpha value is -0.850. The first-order valence-corrected chi connectivity index (χ1v) is 8.52. The van der Waals surface area contributed by atoms with Gasteiger partial charge in [0.05, 0.1) is 0 Å². The molecule has 5 heteroatoms. The minimum Gasteiger partial charge on any atom is -0.357 e. The number of rotatable bonds is 4. The van der Waals surface area contributed by atoms with Crippen LogP contribution in [0.4, 0.5) is 0 Å². The number of nitrogens with one attached hydrogen (secondary N) is 1. The van der Waals surface area contributed by atoms with Gasteiger partial charge in [-0.15, -0.1) is 24.0 Å². The molecule has 0 spiro atoms. The monoisotopic (exact) mass is 430 g/mol. The molecule has 0 saturated carbocycles. The van der Waals surface area contributed by atoms with Gasteiger partial charge >= 0.3 is 0 Å². The van der Waals surface area contributed by atoms with Crippen molar-refractivity contribution in [2.24, 2.45) is 16.8 Å². The Morgan fingerprint density at radius 3 is 2.65 bits per heavy atom. The number of hydrogen-bond acceptors (Lipinski definition) is 2. The summed E-state index contributed by atoms with van der Waals surface area (Å²) >= 11 is 0. The van der Waals surface area contributed by atoms with Crippen LogP contribution in [0.3, 0.4) is 0 Å². The van der Waals surface area contributed by atoms with E-state index in [4.69, 9.17) is 4.99 Å². The highest BCUT2D eigenvalue weighted by Gasteiger charge is 2.23. The molecule has 0 aliphatic carbocycles. The molecule has 1 fully saturated rings. The fourth-order valence-electron chi connectivity index (χ4n) is 3.33. The highest BCUT2D eigenvalue weighted by atomic mass is 127. The second kappa shape index (κ2) is 10.1. The molecule has 1 aliphatic rings. The van der Waals surface area contributed by atoms with Crippen LogP contribution in [0.25, 0.3) is 0 Å². The lowest BCUT2D eigenvalue weighted by atomic mass is 9.92. The van der Waals surface area contributed by atoms with Crippen molar-refractivity contribution < 1.29 is 0 Å². The molecule has 0 aromatic carbocycles. The number of nitrogens with zero attached hydrogens (tertiary/aromatic N) is 3. The number of aromatic nitrogens is 1. The maximum Gasteiger partial charge on any atom is 0.193 e. The van der Waals surface area contributed by atoms with Gasteiger partial charge in [0.1, 0.15) is 0 Å². The smallest absolute Gasteiger partial charge is 0.193 e. The van der Waals surface area contributed by atoms with Gasteiger partial charge < -0.3 is 10.2 Å². The molecule has 1 aromatic heterocycles. The first-order chi connectivity index (χ1) is 10.6. The molecule has 0 radical (unpaired) electrons. The van der Waals surface area contributed by atoms with Crippen LogP contribution in [0.15, 0.2) is 23.5 Å². The third-order valence-corrected chi connectivity index (χ3v) is 4.28. The highest BCUT2D eigenvalue weighted by Crippen LogP contribution is 2.20. The molecule has 2 heterocycles. The summed E-state index contributed by atoms with van der Waals surface area (Å²) in [7, 11) is 0. The van der Waals surface area contributed by atoms with Crippen LogP contribution in [0, 0.1) is 18.8 Å². The fourth-order valence-corrected chi connectivity index (χ4v) is 3.33. The number of piperidine rings is 1. The largest absolute Gasteiger partial charge is 0.357 e.